The Morgan fingerprint density at radius 2 is 2.07 bits per heavy atom. The first-order valence-corrected chi connectivity index (χ1v) is 8.80. The molecule has 2 heterocycles. The van der Waals surface area contributed by atoms with Crippen LogP contribution in [0, 0.1) is 5.82 Å². The molecule has 0 saturated heterocycles. The van der Waals surface area contributed by atoms with E-state index < -0.39 is 17.7 Å². The summed E-state index contributed by atoms with van der Waals surface area (Å²) in [6, 6.07) is 10.5. The molecular formula is C21H17FN2O5. The second-order valence-electron chi connectivity index (χ2n) is 6.69. The highest BCUT2D eigenvalue weighted by Crippen LogP contribution is 2.43. The number of carboxylic acid groups (broad SMARTS) is 1. The topological polar surface area (TPSA) is 101 Å². The monoisotopic (exact) mass is 396 g/mol. The van der Waals surface area contributed by atoms with Crippen molar-refractivity contribution in [3.8, 4) is 17.2 Å². The van der Waals surface area contributed by atoms with Gasteiger partial charge in [-0.1, -0.05) is 12.1 Å². The first-order chi connectivity index (χ1) is 13.9. The fourth-order valence-corrected chi connectivity index (χ4v) is 3.67. The molecule has 7 nitrogen and oxygen atoms in total. The number of aromatic nitrogens is 1. The summed E-state index contributed by atoms with van der Waals surface area (Å²) in [5.74, 6) is -2.40. The number of phenols is 1. The molecule has 0 spiro atoms. The van der Waals surface area contributed by atoms with Gasteiger partial charge in [-0.25, -0.2) is 9.18 Å². The highest BCUT2D eigenvalue weighted by Gasteiger charge is 2.34. The van der Waals surface area contributed by atoms with Gasteiger partial charge < -0.3 is 24.8 Å². The minimum atomic E-state index is -1.21. The van der Waals surface area contributed by atoms with Crippen molar-refractivity contribution < 1.29 is 28.9 Å². The molecule has 2 aromatic carbocycles. The lowest BCUT2D eigenvalue weighted by Crippen LogP contribution is -2.25. The average molecular weight is 396 g/mol. The van der Waals surface area contributed by atoms with Gasteiger partial charge in [-0.05, 0) is 35.9 Å². The van der Waals surface area contributed by atoms with E-state index >= 15 is 0 Å². The molecule has 0 saturated carbocycles. The second-order valence-corrected chi connectivity index (χ2v) is 6.69. The number of benzene rings is 2. The smallest absolute Gasteiger partial charge is 0.339 e. The number of rotatable bonds is 4. The Morgan fingerprint density at radius 3 is 2.72 bits per heavy atom. The van der Waals surface area contributed by atoms with Crippen LogP contribution in [0.5, 0.6) is 11.5 Å². The summed E-state index contributed by atoms with van der Waals surface area (Å²) in [7, 11) is 1.43. The molecule has 0 radical (unpaired) electrons. The van der Waals surface area contributed by atoms with E-state index in [1.165, 1.54) is 37.6 Å². The van der Waals surface area contributed by atoms with Gasteiger partial charge in [-0.2, -0.15) is 0 Å². The number of hydrogen-bond acceptors (Lipinski definition) is 4. The number of fused-ring (bicyclic) bond motifs is 1. The number of hydrogen-bond donors (Lipinski definition) is 3. The average Bonchev–Trinajstić information content (AvgIpc) is 3.07. The van der Waals surface area contributed by atoms with Crippen molar-refractivity contribution in [3.05, 3.63) is 71.3 Å². The first-order valence-electron chi connectivity index (χ1n) is 8.80. The van der Waals surface area contributed by atoms with Crippen LogP contribution in [0.25, 0.3) is 5.69 Å². The van der Waals surface area contributed by atoms with E-state index in [9.17, 15) is 24.2 Å². The molecule has 8 heteroatoms. The lowest BCUT2D eigenvalue weighted by atomic mass is 9.88. The van der Waals surface area contributed by atoms with Crippen LogP contribution in [0.4, 0.5) is 10.1 Å². The molecule has 0 fully saturated rings. The van der Waals surface area contributed by atoms with Crippen molar-refractivity contribution in [1.82, 2.24) is 4.57 Å². The molecule has 1 atom stereocenters. The lowest BCUT2D eigenvalue weighted by molar-refractivity contribution is -0.116. The van der Waals surface area contributed by atoms with E-state index in [4.69, 9.17) is 4.74 Å². The Balaban J connectivity index is 1.95. The molecule has 1 amide bonds. The fraction of sp³-hybridized carbons (Fsp3) is 0.143. The quantitative estimate of drug-likeness (QED) is 0.627. The second kappa shape index (κ2) is 6.97. The van der Waals surface area contributed by atoms with Gasteiger partial charge in [0.2, 0.25) is 5.91 Å². The Labute approximate surface area is 165 Å². The number of aromatic hydroxyl groups is 1. The van der Waals surface area contributed by atoms with Crippen molar-refractivity contribution in [2.24, 2.45) is 0 Å². The minimum absolute atomic E-state index is 0.0388. The molecule has 29 heavy (non-hydrogen) atoms. The molecule has 1 aromatic heterocycles. The zero-order valence-corrected chi connectivity index (χ0v) is 15.3. The molecule has 0 aliphatic carbocycles. The van der Waals surface area contributed by atoms with Crippen LogP contribution in [0.3, 0.4) is 0 Å². The van der Waals surface area contributed by atoms with Gasteiger partial charge in [0, 0.05) is 24.2 Å². The van der Waals surface area contributed by atoms with Gasteiger partial charge in [0.1, 0.15) is 11.4 Å². The standard InChI is InChI=1S/C21H17FN2O5/c1-29-17-6-5-11(7-16(17)25)14-9-18(26)23-19-15(21(27)28)10-24(20(14)19)13-4-2-3-12(22)8-13/h2-8,10,14,25H,9H2,1H3,(H,23,26)(H,27,28)/t14-/m1/s1. The number of methoxy groups -OCH3 is 1. The summed E-state index contributed by atoms with van der Waals surface area (Å²) in [4.78, 5) is 24.1. The lowest BCUT2D eigenvalue weighted by Gasteiger charge is -2.26. The number of phenolic OH excluding ortho intramolecular Hbond substituents is 1. The summed E-state index contributed by atoms with van der Waals surface area (Å²) in [6.45, 7) is 0. The Bertz CT molecular complexity index is 1140. The maximum absolute atomic E-state index is 13.8. The van der Waals surface area contributed by atoms with Crippen LogP contribution in [0.2, 0.25) is 0 Å². The van der Waals surface area contributed by atoms with Gasteiger partial charge >= 0.3 is 5.97 Å². The van der Waals surface area contributed by atoms with Crippen LogP contribution in [0.1, 0.15) is 34.0 Å². The zero-order chi connectivity index (χ0) is 20.7. The SMILES string of the molecule is COc1ccc([C@H]2CC(=O)Nc3c(C(=O)O)cn(-c4cccc(F)c4)c32)cc1O. The number of amides is 1. The van der Waals surface area contributed by atoms with Gasteiger partial charge in [-0.3, -0.25) is 4.79 Å². The number of nitrogens with one attached hydrogen (secondary N) is 1. The number of anilines is 1. The number of halogens is 1. The van der Waals surface area contributed by atoms with Crippen LogP contribution < -0.4 is 10.1 Å². The third-order valence-corrected chi connectivity index (χ3v) is 4.95. The molecule has 1 aliphatic heterocycles. The van der Waals surface area contributed by atoms with E-state index in [0.717, 1.165) is 0 Å². The highest BCUT2D eigenvalue weighted by atomic mass is 19.1. The number of carbonyl (C=O) groups excluding carboxylic acids is 1. The normalized spacial score (nSPS) is 15.5. The number of aromatic carboxylic acids is 1. The molecule has 0 unspecified atom stereocenters. The maximum atomic E-state index is 13.8. The number of carboxylic acids is 1. The molecule has 3 aromatic rings. The van der Waals surface area contributed by atoms with Crippen LogP contribution in [-0.2, 0) is 4.79 Å². The van der Waals surface area contributed by atoms with Crippen LogP contribution in [-0.4, -0.2) is 33.8 Å². The summed E-state index contributed by atoms with van der Waals surface area (Å²) in [5, 5.41) is 22.4. The van der Waals surface area contributed by atoms with Gasteiger partial charge in [0.25, 0.3) is 0 Å². The third kappa shape index (κ3) is 3.18. The summed E-state index contributed by atoms with van der Waals surface area (Å²) >= 11 is 0. The Morgan fingerprint density at radius 1 is 1.28 bits per heavy atom. The molecule has 148 valence electrons. The fourth-order valence-electron chi connectivity index (χ4n) is 3.67. The summed E-state index contributed by atoms with van der Waals surface area (Å²) in [5.41, 5.74) is 1.59. The van der Waals surface area contributed by atoms with Gasteiger partial charge in [0.15, 0.2) is 11.5 Å². The summed E-state index contributed by atoms with van der Waals surface area (Å²) < 4.78 is 20.5. The minimum Gasteiger partial charge on any atom is -0.504 e. The number of ether oxygens (including phenoxy) is 1. The van der Waals surface area contributed by atoms with E-state index in [0.29, 0.717) is 16.9 Å². The third-order valence-electron chi connectivity index (χ3n) is 4.95. The highest BCUT2D eigenvalue weighted by molar-refractivity contribution is 6.04. The van der Waals surface area contributed by atoms with E-state index in [-0.39, 0.29) is 35.1 Å². The molecule has 3 N–H and O–H groups in total. The van der Waals surface area contributed by atoms with Gasteiger partial charge in [0.05, 0.1) is 18.5 Å². The van der Waals surface area contributed by atoms with Crippen molar-refractivity contribution >= 4 is 17.6 Å². The van der Waals surface area contributed by atoms with E-state index in [1.54, 1.807) is 22.8 Å². The zero-order valence-electron chi connectivity index (χ0n) is 15.3. The maximum Gasteiger partial charge on any atom is 0.339 e. The van der Waals surface area contributed by atoms with E-state index in [1.807, 2.05) is 0 Å². The van der Waals surface area contributed by atoms with Crippen molar-refractivity contribution in [2.45, 2.75) is 12.3 Å². The first kappa shape index (κ1) is 18.5. The number of carbonyl (C=O) groups is 2. The van der Waals surface area contributed by atoms with Crippen LogP contribution >= 0.6 is 0 Å². The van der Waals surface area contributed by atoms with E-state index in [2.05, 4.69) is 5.32 Å². The number of nitrogens with zero attached hydrogens (tertiary/aromatic N) is 1. The van der Waals surface area contributed by atoms with Crippen molar-refractivity contribution in [2.75, 3.05) is 12.4 Å². The predicted octanol–water partition coefficient (Wildman–Crippen LogP) is 3.50. The van der Waals surface area contributed by atoms with Crippen molar-refractivity contribution in [1.29, 1.82) is 0 Å². The largest absolute Gasteiger partial charge is 0.504 e. The van der Waals surface area contributed by atoms with Gasteiger partial charge in [-0.15, -0.1) is 0 Å². The molecule has 4 rings (SSSR count). The Kier molecular flexibility index (Phi) is 4.46. The molecular weight excluding hydrogens is 379 g/mol. The Hall–Kier alpha value is -3.81. The van der Waals surface area contributed by atoms with Crippen molar-refractivity contribution in [3.63, 3.8) is 0 Å². The predicted molar refractivity (Wildman–Crippen MR) is 102 cm³/mol. The van der Waals surface area contributed by atoms with Crippen LogP contribution in [0.15, 0.2) is 48.7 Å². The summed E-state index contributed by atoms with van der Waals surface area (Å²) in [6.07, 6.45) is 1.40. The molecule has 0 bridgehead atoms. The molecule has 1 aliphatic rings.